The first kappa shape index (κ1) is 27.4. The molecule has 0 fully saturated rings. The van der Waals surface area contributed by atoms with Crippen LogP contribution in [0.2, 0.25) is 0 Å². The molecule has 0 aliphatic carbocycles. The van der Waals surface area contributed by atoms with Crippen LogP contribution in [0.25, 0.3) is 0 Å². The molecule has 0 aromatic heterocycles. The van der Waals surface area contributed by atoms with Gasteiger partial charge < -0.3 is 15.5 Å². The third kappa shape index (κ3) is 15.2. The van der Waals surface area contributed by atoms with Crippen LogP contribution in [0, 0.1) is 0 Å². The van der Waals surface area contributed by atoms with Gasteiger partial charge in [0, 0.05) is 18.7 Å². The van der Waals surface area contributed by atoms with E-state index >= 15 is 0 Å². The maximum Gasteiger partial charge on any atom is 0.163 e. The van der Waals surface area contributed by atoms with E-state index in [0.717, 1.165) is 37.8 Å². The number of phenols is 1. The van der Waals surface area contributed by atoms with E-state index in [-0.39, 0.29) is 18.1 Å². The first-order chi connectivity index (χ1) is 15.6. The van der Waals surface area contributed by atoms with E-state index in [1.807, 2.05) is 0 Å². The molecule has 0 bridgehead atoms. The number of Topliss-reactive ketones (excluding diaryl/α,β-unsaturated/α-hetero) is 1. The van der Waals surface area contributed by atoms with Crippen molar-refractivity contribution >= 4 is 11.5 Å². The first-order valence-electron chi connectivity index (χ1n) is 12.0. The standard InChI is InChI=1S/C28H41NO3/c1-2-3-4-5-6-7-8-9-10-11-12-13-14-15-16-17-18-19-27(31)28(32)24-29-25-20-22-26(30)23-21-25/h6-7,9-10,12-13,15-16,20-23,28-30,32H,2-5,8,11,14,17-19,24H2,1H3/b7-6-,10-9-,13-12-,16-15-. The van der Waals surface area contributed by atoms with Gasteiger partial charge in [-0.2, -0.15) is 0 Å². The lowest BCUT2D eigenvalue weighted by atomic mass is 10.1. The Labute approximate surface area is 194 Å². The number of hydrogen-bond donors (Lipinski definition) is 3. The van der Waals surface area contributed by atoms with Crippen LogP contribution in [-0.4, -0.2) is 28.6 Å². The Hall–Kier alpha value is -2.59. The van der Waals surface area contributed by atoms with Crippen molar-refractivity contribution in [1.29, 1.82) is 0 Å². The van der Waals surface area contributed by atoms with Crippen LogP contribution in [-0.2, 0) is 4.79 Å². The topological polar surface area (TPSA) is 69.6 Å². The van der Waals surface area contributed by atoms with E-state index in [1.165, 1.54) is 25.7 Å². The van der Waals surface area contributed by atoms with Crippen LogP contribution in [0.5, 0.6) is 5.75 Å². The molecule has 3 N–H and O–H groups in total. The maximum absolute atomic E-state index is 12.0. The van der Waals surface area contributed by atoms with Gasteiger partial charge >= 0.3 is 0 Å². The summed E-state index contributed by atoms with van der Waals surface area (Å²) < 4.78 is 0. The lowest BCUT2D eigenvalue weighted by molar-refractivity contribution is -0.126. The van der Waals surface area contributed by atoms with Crippen molar-refractivity contribution in [3.63, 3.8) is 0 Å². The molecule has 0 aliphatic heterocycles. The quantitative estimate of drug-likeness (QED) is 0.132. The third-order valence-electron chi connectivity index (χ3n) is 4.99. The number of carbonyl (C=O) groups is 1. The van der Waals surface area contributed by atoms with E-state index in [4.69, 9.17) is 0 Å². The molecule has 1 unspecified atom stereocenters. The molecule has 0 radical (unpaired) electrons. The fourth-order valence-electron chi connectivity index (χ4n) is 3.03. The largest absolute Gasteiger partial charge is 0.508 e. The Morgan fingerprint density at radius 1 is 0.844 bits per heavy atom. The lowest BCUT2D eigenvalue weighted by Gasteiger charge is -2.11. The zero-order valence-electron chi connectivity index (χ0n) is 19.6. The number of aromatic hydroxyl groups is 1. The molecule has 0 amide bonds. The summed E-state index contributed by atoms with van der Waals surface area (Å²) in [5, 5.41) is 22.2. The minimum absolute atomic E-state index is 0.146. The highest BCUT2D eigenvalue weighted by molar-refractivity contribution is 5.83. The van der Waals surface area contributed by atoms with Gasteiger partial charge in [0.05, 0.1) is 0 Å². The summed E-state index contributed by atoms with van der Waals surface area (Å²) >= 11 is 0. The molecule has 0 saturated heterocycles. The van der Waals surface area contributed by atoms with Crippen LogP contribution in [0.15, 0.2) is 72.9 Å². The van der Waals surface area contributed by atoms with Gasteiger partial charge in [-0.3, -0.25) is 4.79 Å². The summed E-state index contributed by atoms with van der Waals surface area (Å²) in [6, 6.07) is 6.53. The number of hydrogen-bond acceptors (Lipinski definition) is 4. The zero-order chi connectivity index (χ0) is 23.3. The Kier molecular flexibility index (Phi) is 16.4. The zero-order valence-corrected chi connectivity index (χ0v) is 19.6. The van der Waals surface area contributed by atoms with Crippen LogP contribution in [0.1, 0.15) is 71.1 Å². The number of aliphatic hydroxyl groups excluding tert-OH is 1. The number of aliphatic hydroxyl groups is 1. The molecule has 0 aliphatic rings. The predicted molar refractivity (Wildman–Crippen MR) is 136 cm³/mol. The molecule has 0 spiro atoms. The number of phenolic OH excluding ortho intramolecular Hbond substituents is 1. The number of carbonyl (C=O) groups excluding carboxylic acids is 1. The second-order valence-electron chi connectivity index (χ2n) is 7.89. The van der Waals surface area contributed by atoms with Crippen LogP contribution < -0.4 is 5.32 Å². The number of allylic oxidation sites excluding steroid dienone is 8. The van der Waals surface area contributed by atoms with Gasteiger partial charge in [-0.15, -0.1) is 0 Å². The molecule has 1 aromatic rings. The molecule has 0 saturated carbocycles. The van der Waals surface area contributed by atoms with Crippen molar-refractivity contribution in [2.24, 2.45) is 0 Å². The average Bonchev–Trinajstić information content (AvgIpc) is 2.80. The number of benzene rings is 1. The summed E-state index contributed by atoms with van der Waals surface area (Å²) in [4.78, 5) is 12.0. The average molecular weight is 440 g/mol. The Balaban J connectivity index is 2.01. The van der Waals surface area contributed by atoms with Gasteiger partial charge in [-0.1, -0.05) is 68.4 Å². The van der Waals surface area contributed by atoms with Crippen LogP contribution in [0.4, 0.5) is 5.69 Å². The minimum atomic E-state index is -1.01. The molecule has 1 atom stereocenters. The van der Waals surface area contributed by atoms with Gasteiger partial charge in [0.15, 0.2) is 5.78 Å². The fraction of sp³-hybridized carbons (Fsp3) is 0.464. The molecular weight excluding hydrogens is 398 g/mol. The van der Waals surface area contributed by atoms with E-state index in [1.54, 1.807) is 24.3 Å². The third-order valence-corrected chi connectivity index (χ3v) is 4.99. The Morgan fingerprint density at radius 3 is 1.94 bits per heavy atom. The molecule has 176 valence electrons. The highest BCUT2D eigenvalue weighted by Gasteiger charge is 2.13. The second-order valence-corrected chi connectivity index (χ2v) is 7.89. The molecule has 0 heterocycles. The van der Waals surface area contributed by atoms with Gasteiger partial charge in [0.25, 0.3) is 0 Å². The van der Waals surface area contributed by atoms with Gasteiger partial charge in [0.2, 0.25) is 0 Å². The van der Waals surface area contributed by atoms with Crippen molar-refractivity contribution < 1.29 is 15.0 Å². The molecule has 4 nitrogen and oxygen atoms in total. The molecular formula is C28H41NO3. The highest BCUT2D eigenvalue weighted by atomic mass is 16.3. The number of unbranched alkanes of at least 4 members (excludes halogenated alkanes) is 4. The van der Waals surface area contributed by atoms with Crippen molar-refractivity contribution in [3.8, 4) is 5.75 Å². The van der Waals surface area contributed by atoms with E-state index in [2.05, 4.69) is 60.8 Å². The predicted octanol–water partition coefficient (Wildman–Crippen LogP) is 6.88. The van der Waals surface area contributed by atoms with Gasteiger partial charge in [0.1, 0.15) is 11.9 Å². The van der Waals surface area contributed by atoms with Crippen molar-refractivity contribution in [2.75, 3.05) is 11.9 Å². The number of anilines is 1. The number of rotatable bonds is 18. The van der Waals surface area contributed by atoms with Gasteiger partial charge in [-0.05, 0) is 69.2 Å². The maximum atomic E-state index is 12.0. The molecule has 4 heteroatoms. The number of ketones is 1. The van der Waals surface area contributed by atoms with Gasteiger partial charge in [-0.25, -0.2) is 0 Å². The van der Waals surface area contributed by atoms with E-state index in [9.17, 15) is 15.0 Å². The first-order valence-corrected chi connectivity index (χ1v) is 12.0. The van der Waals surface area contributed by atoms with Crippen molar-refractivity contribution in [3.05, 3.63) is 72.9 Å². The lowest BCUT2D eigenvalue weighted by Crippen LogP contribution is -2.28. The molecule has 1 aromatic carbocycles. The molecule has 32 heavy (non-hydrogen) atoms. The monoisotopic (exact) mass is 439 g/mol. The highest BCUT2D eigenvalue weighted by Crippen LogP contribution is 2.13. The summed E-state index contributed by atoms with van der Waals surface area (Å²) in [7, 11) is 0. The van der Waals surface area contributed by atoms with E-state index in [0.29, 0.717) is 6.42 Å². The van der Waals surface area contributed by atoms with Crippen LogP contribution in [0.3, 0.4) is 0 Å². The summed E-state index contributed by atoms with van der Waals surface area (Å²) in [5.41, 5.74) is 0.760. The Bertz CT molecular complexity index is 717. The second kappa shape index (κ2) is 19.1. The smallest absolute Gasteiger partial charge is 0.163 e. The number of nitrogens with one attached hydrogen (secondary N) is 1. The molecule has 1 rings (SSSR count). The van der Waals surface area contributed by atoms with E-state index < -0.39 is 6.10 Å². The minimum Gasteiger partial charge on any atom is -0.508 e. The normalized spacial score (nSPS) is 13.1. The van der Waals surface area contributed by atoms with Crippen molar-refractivity contribution in [1.82, 2.24) is 0 Å². The summed E-state index contributed by atoms with van der Waals surface area (Å²) in [5.74, 6) is 0.0381. The van der Waals surface area contributed by atoms with Crippen LogP contribution >= 0.6 is 0 Å². The van der Waals surface area contributed by atoms with Crippen molar-refractivity contribution in [2.45, 2.75) is 77.2 Å². The SMILES string of the molecule is CCCCC/C=C\C/C=C\C/C=C\C/C=C\CCCC(=O)C(O)CNc1ccc(O)cc1. The Morgan fingerprint density at radius 2 is 1.38 bits per heavy atom. The summed E-state index contributed by atoms with van der Waals surface area (Å²) in [6.45, 7) is 2.40. The summed E-state index contributed by atoms with van der Waals surface area (Å²) in [6.07, 6.45) is 26.4. The fourth-order valence-corrected chi connectivity index (χ4v) is 3.03.